The Bertz CT molecular complexity index is 1670. The van der Waals surface area contributed by atoms with Gasteiger partial charge in [-0.3, -0.25) is 20.0 Å². The van der Waals surface area contributed by atoms with Crippen LogP contribution < -0.4 is 22.9 Å². The van der Waals surface area contributed by atoms with Crippen LogP contribution in [0, 0.1) is 92.2 Å². The first-order valence-electron chi connectivity index (χ1n) is 29.0. The third kappa shape index (κ3) is 12.7. The summed E-state index contributed by atoms with van der Waals surface area (Å²) in [5.74, 6) is 14.7. The molecule has 0 aromatic rings. The zero-order chi connectivity index (χ0) is 47.0. The molecule has 0 heterocycles. The highest BCUT2D eigenvalue weighted by Gasteiger charge is 2.56. The third-order valence-electron chi connectivity index (χ3n) is 21.3. The summed E-state index contributed by atoms with van der Waals surface area (Å²) in [6.45, 7) is 14.0. The second kappa shape index (κ2) is 20.5. The van der Waals surface area contributed by atoms with E-state index in [2.05, 4.69) is 26.9 Å². The number of amidine groups is 4. The van der Waals surface area contributed by atoms with Crippen molar-refractivity contribution in [2.75, 3.05) is 26.2 Å². The fourth-order valence-corrected chi connectivity index (χ4v) is 21.2. The van der Waals surface area contributed by atoms with Gasteiger partial charge in [-0.2, -0.15) is 0 Å². The van der Waals surface area contributed by atoms with E-state index in [9.17, 15) is 0 Å². The van der Waals surface area contributed by atoms with E-state index < -0.39 is 0 Å². The number of hydrogen-bond donors (Lipinski definition) is 4. The Kier molecular flexibility index (Phi) is 15.3. The lowest BCUT2D eigenvalue weighted by Gasteiger charge is -2.61. The maximum absolute atomic E-state index is 5.67. The molecular formula is C59H102N8. The van der Waals surface area contributed by atoms with Crippen LogP contribution in [0.4, 0.5) is 0 Å². The minimum atomic E-state index is 0.565. The molecule has 0 saturated heterocycles. The molecule has 16 saturated carbocycles. The highest BCUT2D eigenvalue weighted by atomic mass is 14.9. The summed E-state index contributed by atoms with van der Waals surface area (Å²) in [5.41, 5.74) is 25.8. The first-order chi connectivity index (χ1) is 31.9. The van der Waals surface area contributed by atoms with Crippen molar-refractivity contribution in [3.63, 3.8) is 0 Å². The Morgan fingerprint density at radius 1 is 0.343 bits per heavy atom. The number of unbranched alkanes of at least 4 members (excludes halogenated alkanes) is 1. The molecule has 0 aliphatic heterocycles. The molecule has 16 rings (SSSR count). The molecule has 67 heavy (non-hydrogen) atoms. The minimum absolute atomic E-state index is 0.565. The van der Waals surface area contributed by atoms with Crippen molar-refractivity contribution in [2.24, 2.45) is 135 Å². The lowest BCUT2D eigenvalue weighted by Crippen LogP contribution is -2.50. The number of nitrogens with two attached hydrogens (primary N) is 4. The van der Waals surface area contributed by atoms with Crippen LogP contribution in [0.3, 0.4) is 0 Å². The zero-order valence-corrected chi connectivity index (χ0v) is 44.0. The Balaban J connectivity index is 0.000000112. The van der Waals surface area contributed by atoms with Crippen LogP contribution in [0.5, 0.6) is 0 Å². The van der Waals surface area contributed by atoms with E-state index in [1.54, 1.807) is 57.8 Å². The van der Waals surface area contributed by atoms with Gasteiger partial charge >= 0.3 is 0 Å². The van der Waals surface area contributed by atoms with Gasteiger partial charge in [-0.05, 0) is 306 Å². The van der Waals surface area contributed by atoms with Gasteiger partial charge in [0.2, 0.25) is 0 Å². The van der Waals surface area contributed by atoms with Crippen molar-refractivity contribution in [3.05, 3.63) is 0 Å². The van der Waals surface area contributed by atoms with E-state index in [0.29, 0.717) is 16.2 Å². The molecule has 0 amide bonds. The van der Waals surface area contributed by atoms with Crippen LogP contribution in [0.25, 0.3) is 0 Å². The van der Waals surface area contributed by atoms with E-state index in [1.807, 2.05) is 27.7 Å². The van der Waals surface area contributed by atoms with E-state index >= 15 is 0 Å². The largest absolute Gasteiger partial charge is 0.388 e. The number of rotatable bonds is 14. The Morgan fingerprint density at radius 3 is 1.03 bits per heavy atom. The van der Waals surface area contributed by atoms with Crippen molar-refractivity contribution in [2.45, 2.75) is 227 Å². The van der Waals surface area contributed by atoms with Crippen LogP contribution in [0.1, 0.15) is 227 Å². The fraction of sp³-hybridized carbons (Fsp3) is 0.932. The van der Waals surface area contributed by atoms with Crippen LogP contribution in [-0.4, -0.2) is 49.5 Å². The van der Waals surface area contributed by atoms with E-state index in [1.165, 1.54) is 135 Å². The topological polar surface area (TPSA) is 154 Å². The van der Waals surface area contributed by atoms with Crippen LogP contribution in [-0.2, 0) is 0 Å². The lowest BCUT2D eigenvalue weighted by molar-refractivity contribution is -0.104. The lowest BCUT2D eigenvalue weighted by atomic mass is 9.44. The zero-order valence-electron chi connectivity index (χ0n) is 44.0. The van der Waals surface area contributed by atoms with Gasteiger partial charge in [-0.1, -0.05) is 13.3 Å². The molecule has 2 atom stereocenters. The average Bonchev–Trinajstić information content (AvgIpc) is 3.20. The standard InChI is InChI=1S/C16H28N2.2C15H26N2.C13H22N2/c1-12(17)18-5-3-2-4-16-9-13-6-14(10-16)8-15(7-13)11-16;1-11(16)17-4-3-15-8-12-5-13(9-15)7-14(2,6-12)10-15;1-11(16)17-4-2-3-15-8-12-5-13(9-15)7-14(6-12)10-15;1-9(14)15-8-13-5-10-2-11(6-13)4-12(3-10)7-13/h13-15H,2-11H2,1H3,(H2,17,18);12-13H,3-10H2,1-2H3,(H2,16,17);12-14H,2-10H2,1H3,(H2,16,17);10-12H,2-8H2,1H3,(H2,14,15). The van der Waals surface area contributed by atoms with Crippen molar-refractivity contribution in [3.8, 4) is 0 Å². The van der Waals surface area contributed by atoms with Gasteiger partial charge in [0.05, 0.1) is 23.3 Å². The monoisotopic (exact) mass is 923 g/mol. The van der Waals surface area contributed by atoms with Gasteiger partial charge in [0.1, 0.15) is 0 Å². The average molecular weight is 924 g/mol. The fourth-order valence-electron chi connectivity index (χ4n) is 21.2. The molecule has 16 bridgehead atoms. The molecule has 0 radical (unpaired) electrons. The summed E-state index contributed by atoms with van der Waals surface area (Å²) in [6.07, 6.45) is 44.5. The van der Waals surface area contributed by atoms with Crippen molar-refractivity contribution in [1.82, 2.24) is 0 Å². The highest BCUT2D eigenvalue weighted by Crippen LogP contribution is 2.67. The van der Waals surface area contributed by atoms with Gasteiger partial charge in [0, 0.05) is 26.2 Å². The van der Waals surface area contributed by atoms with Crippen molar-refractivity contribution < 1.29 is 0 Å². The minimum Gasteiger partial charge on any atom is -0.388 e. The molecule has 0 aromatic carbocycles. The Labute approximate surface area is 410 Å². The van der Waals surface area contributed by atoms with Crippen LogP contribution >= 0.6 is 0 Å². The maximum Gasteiger partial charge on any atom is 0.0905 e. The molecule has 2 unspecified atom stereocenters. The van der Waals surface area contributed by atoms with Crippen LogP contribution in [0.15, 0.2) is 20.0 Å². The number of nitrogens with zero attached hydrogens (tertiary/aromatic N) is 4. The summed E-state index contributed by atoms with van der Waals surface area (Å²) in [7, 11) is 0. The van der Waals surface area contributed by atoms with E-state index in [4.69, 9.17) is 22.9 Å². The van der Waals surface area contributed by atoms with Gasteiger partial charge in [-0.25, -0.2) is 0 Å². The second-order valence-electron chi connectivity index (χ2n) is 28.4. The van der Waals surface area contributed by atoms with E-state index in [0.717, 1.165) is 125 Å². The predicted octanol–water partition coefficient (Wildman–Crippen LogP) is 13.1. The summed E-state index contributed by atoms with van der Waals surface area (Å²) in [4.78, 5) is 17.6. The first kappa shape index (κ1) is 49.8. The predicted molar refractivity (Wildman–Crippen MR) is 283 cm³/mol. The summed E-state index contributed by atoms with van der Waals surface area (Å²) >= 11 is 0. The maximum atomic E-state index is 5.67. The Hall–Kier alpha value is -2.12. The third-order valence-corrected chi connectivity index (χ3v) is 21.3. The van der Waals surface area contributed by atoms with Gasteiger partial charge in [0.15, 0.2) is 0 Å². The summed E-state index contributed by atoms with van der Waals surface area (Å²) < 4.78 is 0. The summed E-state index contributed by atoms with van der Waals surface area (Å²) in [5, 5.41) is 0. The second-order valence-corrected chi connectivity index (χ2v) is 28.4. The highest BCUT2D eigenvalue weighted by molar-refractivity contribution is 5.78. The van der Waals surface area contributed by atoms with Crippen molar-refractivity contribution >= 4 is 23.3 Å². The SMILES string of the molecule is CC(N)=NCC12CC3CC(CC(C3)C1)C2.CC(N)=NCCC12CC3CC(CC(C)(C3)C1)C2.CC(N)=NCCCC12CC3CC(CC(C3)C1)C2.CC(N)=NCCCCC12CC3CC(CC(C3)C1)C2. The molecule has 8 nitrogen and oxygen atoms in total. The molecule has 0 aromatic heterocycles. The molecule has 8 heteroatoms. The summed E-state index contributed by atoms with van der Waals surface area (Å²) in [6, 6.07) is 0. The van der Waals surface area contributed by atoms with Gasteiger partial charge < -0.3 is 22.9 Å². The quantitative estimate of drug-likeness (QED) is 0.0778. The molecule has 16 fully saturated rings. The first-order valence-corrected chi connectivity index (χ1v) is 29.0. The van der Waals surface area contributed by atoms with E-state index in [-0.39, 0.29) is 0 Å². The molecule has 16 aliphatic carbocycles. The normalized spacial score (nSPS) is 45.9. The van der Waals surface area contributed by atoms with Gasteiger partial charge in [0.25, 0.3) is 0 Å². The molecular weight excluding hydrogens is 821 g/mol. The van der Waals surface area contributed by atoms with Crippen molar-refractivity contribution in [1.29, 1.82) is 0 Å². The smallest absolute Gasteiger partial charge is 0.0905 e. The number of aliphatic imine (C=N–C) groups is 4. The molecule has 16 aliphatic rings. The van der Waals surface area contributed by atoms with Gasteiger partial charge in [-0.15, -0.1) is 0 Å². The molecule has 8 N–H and O–H groups in total. The number of hydrogen-bond acceptors (Lipinski definition) is 4. The Morgan fingerprint density at radius 2 is 0.657 bits per heavy atom. The molecule has 0 spiro atoms. The molecule has 378 valence electrons. The van der Waals surface area contributed by atoms with Crippen LogP contribution in [0.2, 0.25) is 0 Å².